The van der Waals surface area contributed by atoms with Gasteiger partial charge in [-0.2, -0.15) is 0 Å². The second kappa shape index (κ2) is 7.07. The number of hydrogen-bond acceptors (Lipinski definition) is 2. The number of aryl methyl sites for hydroxylation is 1. The quantitative estimate of drug-likeness (QED) is 0.828. The van der Waals surface area contributed by atoms with Gasteiger partial charge in [0.2, 0.25) is 0 Å². The molecule has 1 nitrogen and oxygen atoms in total. The second-order valence-corrected chi connectivity index (χ2v) is 6.25. The predicted octanol–water partition coefficient (Wildman–Crippen LogP) is 4.45. The summed E-state index contributed by atoms with van der Waals surface area (Å²) >= 11 is 5.44. The largest absolute Gasteiger partial charge is 0.319 e. The van der Waals surface area contributed by atoms with Gasteiger partial charge in [0.05, 0.1) is 0 Å². The van der Waals surface area contributed by atoms with Crippen molar-refractivity contribution < 1.29 is 0 Å². The van der Waals surface area contributed by atoms with Gasteiger partial charge in [0.25, 0.3) is 0 Å². The van der Waals surface area contributed by atoms with Crippen molar-refractivity contribution in [1.29, 1.82) is 0 Å². The third kappa shape index (κ3) is 3.67. The van der Waals surface area contributed by atoms with Gasteiger partial charge in [-0.15, -0.1) is 11.3 Å². The van der Waals surface area contributed by atoms with Crippen molar-refractivity contribution in [2.75, 3.05) is 13.6 Å². The van der Waals surface area contributed by atoms with E-state index < -0.39 is 0 Å². The van der Waals surface area contributed by atoms with E-state index in [1.54, 1.807) is 0 Å². The Bertz CT molecular complexity index is 466. The van der Waals surface area contributed by atoms with Crippen LogP contribution in [-0.4, -0.2) is 13.6 Å². The zero-order valence-electron chi connectivity index (χ0n) is 10.5. The number of rotatable bonds is 6. The molecule has 1 N–H and O–H groups in total. The summed E-state index contributed by atoms with van der Waals surface area (Å²) in [5.74, 6) is 0.588. The highest BCUT2D eigenvalue weighted by molar-refractivity contribution is 9.10. The van der Waals surface area contributed by atoms with Crippen molar-refractivity contribution in [3.05, 3.63) is 56.7 Å². The number of hydrogen-bond donors (Lipinski definition) is 1. The van der Waals surface area contributed by atoms with Crippen LogP contribution in [0, 0.1) is 0 Å². The van der Waals surface area contributed by atoms with Gasteiger partial charge >= 0.3 is 0 Å². The fraction of sp³-hybridized carbons (Fsp3) is 0.333. The molecule has 0 spiro atoms. The molecule has 1 aromatic carbocycles. The van der Waals surface area contributed by atoms with Crippen molar-refractivity contribution >= 4 is 27.3 Å². The number of likely N-dealkylation sites (N-methyl/N-ethyl adjacent to an activating group) is 1. The number of benzene rings is 1. The molecule has 1 heterocycles. The maximum atomic E-state index is 3.61. The minimum absolute atomic E-state index is 0.588. The van der Waals surface area contributed by atoms with Gasteiger partial charge in [0.15, 0.2) is 0 Å². The van der Waals surface area contributed by atoms with Gasteiger partial charge < -0.3 is 5.32 Å². The van der Waals surface area contributed by atoms with Gasteiger partial charge in [0, 0.05) is 15.9 Å². The Labute approximate surface area is 121 Å². The summed E-state index contributed by atoms with van der Waals surface area (Å²) in [4.78, 5) is 1.45. The van der Waals surface area contributed by atoms with Crippen molar-refractivity contribution in [3.63, 3.8) is 0 Å². The Morgan fingerprint density at radius 1 is 1.22 bits per heavy atom. The maximum Gasteiger partial charge on any atom is 0.0314 e. The van der Waals surface area contributed by atoms with Gasteiger partial charge in [-0.25, -0.2) is 0 Å². The van der Waals surface area contributed by atoms with Crippen LogP contribution < -0.4 is 5.32 Å². The van der Waals surface area contributed by atoms with Crippen molar-refractivity contribution in [3.8, 4) is 0 Å². The van der Waals surface area contributed by atoms with Gasteiger partial charge in [-0.1, -0.05) is 30.3 Å². The smallest absolute Gasteiger partial charge is 0.0314 e. The van der Waals surface area contributed by atoms with E-state index in [9.17, 15) is 0 Å². The van der Waals surface area contributed by atoms with Crippen molar-refractivity contribution in [2.45, 2.75) is 18.8 Å². The topological polar surface area (TPSA) is 12.0 Å². The first-order valence-corrected chi connectivity index (χ1v) is 7.90. The molecule has 2 rings (SSSR count). The summed E-state index contributed by atoms with van der Waals surface area (Å²) < 4.78 is 1.25. The van der Waals surface area contributed by atoms with Crippen LogP contribution in [0.2, 0.25) is 0 Å². The molecular weight excluding hydrogens is 306 g/mol. The summed E-state index contributed by atoms with van der Waals surface area (Å²) in [5.41, 5.74) is 1.43. The third-order valence-electron chi connectivity index (χ3n) is 3.13. The van der Waals surface area contributed by atoms with E-state index in [1.807, 2.05) is 18.4 Å². The highest BCUT2D eigenvalue weighted by Crippen LogP contribution is 2.27. The molecule has 0 radical (unpaired) electrons. The van der Waals surface area contributed by atoms with Crippen LogP contribution in [-0.2, 0) is 6.42 Å². The molecular formula is C15H18BrNS. The highest BCUT2D eigenvalue weighted by atomic mass is 79.9. The van der Waals surface area contributed by atoms with E-state index in [2.05, 4.69) is 63.0 Å². The van der Waals surface area contributed by atoms with Gasteiger partial charge in [-0.05, 0) is 58.7 Å². The monoisotopic (exact) mass is 323 g/mol. The van der Waals surface area contributed by atoms with E-state index in [1.165, 1.54) is 21.3 Å². The lowest BCUT2D eigenvalue weighted by Gasteiger charge is -2.16. The minimum atomic E-state index is 0.588. The van der Waals surface area contributed by atoms with E-state index in [0.717, 1.165) is 13.0 Å². The molecule has 2 aromatic rings. The van der Waals surface area contributed by atoms with Crippen LogP contribution in [0.3, 0.4) is 0 Å². The Kier molecular flexibility index (Phi) is 5.42. The lowest BCUT2D eigenvalue weighted by molar-refractivity contribution is 0.586. The van der Waals surface area contributed by atoms with E-state index in [0.29, 0.717) is 5.92 Å². The summed E-state index contributed by atoms with van der Waals surface area (Å²) in [6.07, 6.45) is 2.32. The van der Waals surface area contributed by atoms with Crippen molar-refractivity contribution in [1.82, 2.24) is 5.32 Å². The SMILES string of the molecule is CNCC(CCc1sccc1Br)c1ccccc1. The summed E-state index contributed by atoms with van der Waals surface area (Å²) in [7, 11) is 2.02. The van der Waals surface area contributed by atoms with E-state index >= 15 is 0 Å². The van der Waals surface area contributed by atoms with E-state index in [4.69, 9.17) is 0 Å². The van der Waals surface area contributed by atoms with Crippen molar-refractivity contribution in [2.24, 2.45) is 0 Å². The maximum absolute atomic E-state index is 3.61. The Balaban J connectivity index is 2.01. The molecule has 0 bridgehead atoms. The molecule has 0 aliphatic carbocycles. The minimum Gasteiger partial charge on any atom is -0.319 e. The molecule has 0 fully saturated rings. The van der Waals surface area contributed by atoms with Crippen LogP contribution in [0.15, 0.2) is 46.3 Å². The zero-order chi connectivity index (χ0) is 12.8. The highest BCUT2D eigenvalue weighted by Gasteiger charge is 2.11. The van der Waals surface area contributed by atoms with E-state index in [-0.39, 0.29) is 0 Å². The summed E-state index contributed by atoms with van der Waals surface area (Å²) in [6, 6.07) is 12.9. The normalized spacial score (nSPS) is 12.6. The molecule has 0 aliphatic heterocycles. The average Bonchev–Trinajstić information content (AvgIpc) is 2.81. The fourth-order valence-electron chi connectivity index (χ4n) is 2.17. The van der Waals surface area contributed by atoms with Gasteiger partial charge in [-0.3, -0.25) is 0 Å². The van der Waals surface area contributed by atoms with Crippen LogP contribution in [0.25, 0.3) is 0 Å². The first-order valence-electron chi connectivity index (χ1n) is 6.22. The third-order valence-corrected chi connectivity index (χ3v) is 5.12. The van der Waals surface area contributed by atoms with Gasteiger partial charge in [0.1, 0.15) is 0 Å². The predicted molar refractivity (Wildman–Crippen MR) is 83.4 cm³/mol. The molecule has 3 heteroatoms. The second-order valence-electron chi connectivity index (χ2n) is 4.40. The molecule has 96 valence electrons. The lowest BCUT2D eigenvalue weighted by atomic mass is 9.94. The summed E-state index contributed by atoms with van der Waals surface area (Å²) in [6.45, 7) is 1.03. The standard InChI is InChI=1S/C15H18BrNS/c1-17-11-13(12-5-3-2-4-6-12)7-8-15-14(16)9-10-18-15/h2-6,9-10,13,17H,7-8,11H2,1H3. The Hall–Kier alpha value is -0.640. The van der Waals surface area contributed by atoms with Crippen LogP contribution >= 0.6 is 27.3 Å². The molecule has 0 saturated heterocycles. The molecule has 0 saturated carbocycles. The molecule has 1 atom stereocenters. The molecule has 1 aromatic heterocycles. The van der Waals surface area contributed by atoms with Crippen LogP contribution in [0.5, 0.6) is 0 Å². The first kappa shape index (κ1) is 13.8. The zero-order valence-corrected chi connectivity index (χ0v) is 12.9. The number of nitrogens with one attached hydrogen (secondary N) is 1. The average molecular weight is 324 g/mol. The Morgan fingerprint density at radius 3 is 2.61 bits per heavy atom. The fourth-order valence-corrected chi connectivity index (χ4v) is 3.74. The molecule has 0 amide bonds. The van der Waals surface area contributed by atoms with Crippen LogP contribution in [0.4, 0.5) is 0 Å². The molecule has 1 unspecified atom stereocenters. The van der Waals surface area contributed by atoms with Crippen LogP contribution in [0.1, 0.15) is 22.8 Å². The summed E-state index contributed by atoms with van der Waals surface area (Å²) in [5, 5.41) is 5.45. The number of thiophene rings is 1. The molecule has 0 aliphatic rings. The number of halogens is 1. The lowest BCUT2D eigenvalue weighted by Crippen LogP contribution is -2.17. The molecule has 18 heavy (non-hydrogen) atoms. The Morgan fingerprint density at radius 2 is 2.00 bits per heavy atom. The first-order chi connectivity index (χ1) is 8.81.